The third-order valence-electron chi connectivity index (χ3n) is 8.83. The van der Waals surface area contributed by atoms with Crippen molar-refractivity contribution >= 4 is 17.7 Å². The van der Waals surface area contributed by atoms with Gasteiger partial charge in [-0.2, -0.15) is 0 Å². The van der Waals surface area contributed by atoms with E-state index in [-0.39, 0.29) is 23.7 Å². The van der Waals surface area contributed by atoms with Crippen LogP contribution < -0.4 is 5.32 Å². The highest BCUT2D eigenvalue weighted by Gasteiger charge is 2.64. The minimum absolute atomic E-state index is 0.00485. The zero-order valence-corrected chi connectivity index (χ0v) is 23.1. The maximum atomic E-state index is 13.9. The van der Waals surface area contributed by atoms with E-state index in [0.717, 1.165) is 13.0 Å². The number of esters is 2. The van der Waals surface area contributed by atoms with E-state index in [2.05, 4.69) is 5.32 Å². The van der Waals surface area contributed by atoms with Gasteiger partial charge in [0.2, 0.25) is 5.78 Å². The van der Waals surface area contributed by atoms with Crippen molar-refractivity contribution in [1.82, 2.24) is 10.2 Å². The predicted octanol–water partition coefficient (Wildman–Crippen LogP) is 1.79. The number of nitrogens with zero attached hydrogens (tertiary/aromatic N) is 1. The standard InChI is InChI=1S/C28H40N2O8/c1-15(31)37-18-12-27(2)17(8-9-19(27)32)21-23(18)28(3)20(14-36-6)38-26(35)16(22(28)25(34)24(21)33)13-29-10-7-11-30(4)5/h13,17-20,29,32,34H,7-12,14H2,1-6H3/t17?,18-,19+,20-,27+,28+/m1/s1. The van der Waals surface area contributed by atoms with Gasteiger partial charge >= 0.3 is 11.9 Å². The van der Waals surface area contributed by atoms with Crippen molar-refractivity contribution in [3.05, 3.63) is 34.3 Å². The number of aliphatic hydroxyl groups is 2. The number of fused-ring (bicyclic) bond motifs is 4. The lowest BCUT2D eigenvalue weighted by Crippen LogP contribution is -2.57. The fourth-order valence-corrected chi connectivity index (χ4v) is 6.96. The number of allylic oxidation sites excluding steroid dienone is 1. The molecule has 1 saturated carbocycles. The Morgan fingerprint density at radius 1 is 1.26 bits per heavy atom. The first-order valence-corrected chi connectivity index (χ1v) is 13.2. The number of hydrogen-bond donors (Lipinski definition) is 3. The highest BCUT2D eigenvalue weighted by Crippen LogP contribution is 2.63. The van der Waals surface area contributed by atoms with Crippen LogP contribution in [0.5, 0.6) is 0 Å². The number of nitrogens with one attached hydrogen (secondary N) is 1. The number of carbonyl (C=O) groups is 3. The van der Waals surface area contributed by atoms with E-state index in [1.807, 2.05) is 25.9 Å². The lowest BCUT2D eigenvalue weighted by molar-refractivity contribution is -0.160. The molecule has 0 amide bonds. The number of ether oxygens (including phenoxy) is 3. The second kappa shape index (κ2) is 10.5. The number of aliphatic hydroxyl groups excluding tert-OH is 2. The van der Waals surface area contributed by atoms with Crippen LogP contribution in [0.3, 0.4) is 0 Å². The Hall–Kier alpha value is -2.69. The number of cyclic esters (lactones) is 1. The van der Waals surface area contributed by atoms with E-state index >= 15 is 0 Å². The molecule has 10 nitrogen and oxygen atoms in total. The summed E-state index contributed by atoms with van der Waals surface area (Å²) in [4.78, 5) is 41.4. The second-order valence-corrected chi connectivity index (χ2v) is 11.6. The Morgan fingerprint density at radius 3 is 2.61 bits per heavy atom. The maximum absolute atomic E-state index is 13.9. The summed E-state index contributed by atoms with van der Waals surface area (Å²) in [7, 11) is 5.42. The lowest BCUT2D eigenvalue weighted by atomic mass is 9.53. The number of ketones is 1. The molecule has 0 radical (unpaired) electrons. The van der Waals surface area contributed by atoms with Crippen molar-refractivity contribution in [2.75, 3.05) is 40.9 Å². The van der Waals surface area contributed by atoms with E-state index in [1.54, 1.807) is 6.92 Å². The molecule has 0 aromatic carbocycles. The summed E-state index contributed by atoms with van der Waals surface area (Å²) in [6.07, 6.45) is 1.25. The van der Waals surface area contributed by atoms with Gasteiger partial charge in [-0.05, 0) is 64.7 Å². The smallest absolute Gasteiger partial charge is 0.340 e. The van der Waals surface area contributed by atoms with Crippen LogP contribution in [-0.4, -0.2) is 92.0 Å². The highest BCUT2D eigenvalue weighted by molar-refractivity contribution is 6.13. The lowest BCUT2D eigenvalue weighted by Gasteiger charge is -2.54. The van der Waals surface area contributed by atoms with E-state index < -0.39 is 52.6 Å². The molecular weight excluding hydrogens is 492 g/mol. The zero-order valence-electron chi connectivity index (χ0n) is 23.1. The van der Waals surface area contributed by atoms with Crippen molar-refractivity contribution in [3.8, 4) is 0 Å². The van der Waals surface area contributed by atoms with E-state index in [9.17, 15) is 24.6 Å². The predicted molar refractivity (Wildman–Crippen MR) is 138 cm³/mol. The molecule has 0 aromatic heterocycles. The molecule has 0 spiro atoms. The normalized spacial score (nSPS) is 35.7. The van der Waals surface area contributed by atoms with Crippen LogP contribution in [0, 0.1) is 16.7 Å². The summed E-state index contributed by atoms with van der Waals surface area (Å²) in [5, 5.41) is 25.5. The van der Waals surface area contributed by atoms with Gasteiger partial charge in [0.25, 0.3) is 0 Å². The van der Waals surface area contributed by atoms with Crippen LogP contribution in [0.2, 0.25) is 0 Å². The first-order chi connectivity index (χ1) is 17.9. The van der Waals surface area contributed by atoms with Crippen LogP contribution in [0.25, 0.3) is 0 Å². The number of Topliss-reactive ketones (excluding diaryl/α,β-unsaturated/α-hetero) is 1. The van der Waals surface area contributed by atoms with Gasteiger partial charge in [0.15, 0.2) is 5.76 Å². The van der Waals surface area contributed by atoms with Gasteiger partial charge in [0.05, 0.1) is 23.7 Å². The Morgan fingerprint density at radius 2 is 1.97 bits per heavy atom. The molecule has 4 aliphatic rings. The van der Waals surface area contributed by atoms with Crippen LogP contribution in [-0.2, 0) is 28.6 Å². The first-order valence-electron chi connectivity index (χ1n) is 13.2. The van der Waals surface area contributed by atoms with Gasteiger partial charge in [-0.25, -0.2) is 4.79 Å². The number of carbonyl (C=O) groups excluding carboxylic acids is 3. The fourth-order valence-electron chi connectivity index (χ4n) is 6.96. The fraction of sp³-hybridized carbons (Fsp3) is 0.679. The molecular formula is C28H40N2O8. The van der Waals surface area contributed by atoms with Gasteiger partial charge in [-0.3, -0.25) is 9.59 Å². The summed E-state index contributed by atoms with van der Waals surface area (Å²) in [6, 6.07) is 0. The van der Waals surface area contributed by atoms with Gasteiger partial charge in [-0.1, -0.05) is 6.92 Å². The minimum atomic E-state index is -1.20. The third-order valence-corrected chi connectivity index (χ3v) is 8.83. The average Bonchev–Trinajstić information content (AvgIpc) is 3.12. The Bertz CT molecular complexity index is 1110. The summed E-state index contributed by atoms with van der Waals surface area (Å²) in [6.45, 7) is 6.42. The monoisotopic (exact) mass is 532 g/mol. The minimum Gasteiger partial charge on any atom is -0.504 e. The zero-order chi connectivity index (χ0) is 28.0. The molecule has 10 heteroatoms. The molecule has 3 N–H and O–H groups in total. The molecule has 38 heavy (non-hydrogen) atoms. The molecule has 4 rings (SSSR count). The molecule has 3 aliphatic carbocycles. The third kappa shape index (κ3) is 4.46. The average molecular weight is 533 g/mol. The second-order valence-electron chi connectivity index (χ2n) is 11.6. The van der Waals surface area contributed by atoms with Crippen molar-refractivity contribution in [2.45, 2.75) is 64.8 Å². The quantitative estimate of drug-likeness (QED) is 0.241. The topological polar surface area (TPSA) is 135 Å². The molecule has 1 unspecified atom stereocenters. The summed E-state index contributed by atoms with van der Waals surface area (Å²) >= 11 is 0. The van der Waals surface area contributed by atoms with Crippen LogP contribution >= 0.6 is 0 Å². The molecule has 0 aromatic rings. The summed E-state index contributed by atoms with van der Waals surface area (Å²) in [5.74, 6) is -2.66. The van der Waals surface area contributed by atoms with Crippen molar-refractivity contribution < 1.29 is 38.8 Å². The van der Waals surface area contributed by atoms with Gasteiger partial charge < -0.3 is 34.6 Å². The van der Waals surface area contributed by atoms with Crippen LogP contribution in [0.1, 0.15) is 46.5 Å². The molecule has 1 heterocycles. The largest absolute Gasteiger partial charge is 0.504 e. The molecule has 1 aliphatic heterocycles. The highest BCUT2D eigenvalue weighted by atomic mass is 16.6. The number of rotatable bonds is 8. The van der Waals surface area contributed by atoms with Crippen molar-refractivity contribution in [2.24, 2.45) is 16.7 Å². The van der Waals surface area contributed by atoms with E-state index in [1.165, 1.54) is 20.2 Å². The van der Waals surface area contributed by atoms with Crippen molar-refractivity contribution in [3.63, 3.8) is 0 Å². The first kappa shape index (κ1) is 28.3. The van der Waals surface area contributed by atoms with Crippen LogP contribution in [0.4, 0.5) is 0 Å². The van der Waals surface area contributed by atoms with Gasteiger partial charge in [0.1, 0.15) is 12.2 Å². The van der Waals surface area contributed by atoms with E-state index in [4.69, 9.17) is 14.2 Å². The molecule has 2 fully saturated rings. The Balaban J connectivity index is 1.88. The summed E-state index contributed by atoms with van der Waals surface area (Å²) < 4.78 is 17.1. The van der Waals surface area contributed by atoms with Gasteiger partial charge in [0, 0.05) is 43.3 Å². The maximum Gasteiger partial charge on any atom is 0.340 e. The molecule has 6 atom stereocenters. The molecule has 210 valence electrons. The van der Waals surface area contributed by atoms with E-state index in [0.29, 0.717) is 37.0 Å². The Kier molecular flexibility index (Phi) is 7.80. The Labute approximate surface area is 223 Å². The van der Waals surface area contributed by atoms with Crippen molar-refractivity contribution in [1.29, 1.82) is 0 Å². The molecule has 1 saturated heterocycles. The molecule has 0 bridgehead atoms. The summed E-state index contributed by atoms with van der Waals surface area (Å²) in [5.41, 5.74) is -0.832. The number of hydrogen-bond acceptors (Lipinski definition) is 10. The SMILES string of the molecule is COC[C@H]1OC(=O)C(=CNCCCN(C)C)C2=C(O)C(=O)C3=C([C@H](OC(C)=O)C[C@@]4(C)C3CC[C@@H]4O)[C@]21C. The van der Waals surface area contributed by atoms with Crippen LogP contribution in [0.15, 0.2) is 34.3 Å². The van der Waals surface area contributed by atoms with Gasteiger partial charge in [-0.15, -0.1) is 0 Å². The number of methoxy groups -OCH3 is 1.